The Bertz CT molecular complexity index is 704. The van der Waals surface area contributed by atoms with Crippen molar-refractivity contribution in [3.63, 3.8) is 0 Å². The minimum atomic E-state index is -0.0255. The van der Waals surface area contributed by atoms with Crippen LogP contribution in [0.4, 0.5) is 0 Å². The van der Waals surface area contributed by atoms with Crippen LogP contribution in [0.5, 0.6) is 0 Å². The molecule has 2 amide bonds. The van der Waals surface area contributed by atoms with Crippen molar-refractivity contribution in [3.05, 3.63) is 34.9 Å². The van der Waals surface area contributed by atoms with Crippen molar-refractivity contribution in [2.75, 3.05) is 6.54 Å². The Labute approximate surface area is 160 Å². The normalized spacial score (nSPS) is 34.0. The monoisotopic (exact) mass is 374 g/mol. The summed E-state index contributed by atoms with van der Waals surface area (Å²) >= 11 is 5.92. The van der Waals surface area contributed by atoms with Gasteiger partial charge in [0, 0.05) is 35.1 Å². The third kappa shape index (κ3) is 2.92. The number of nitrogens with zero attached hydrogens (tertiary/aromatic N) is 1. The van der Waals surface area contributed by atoms with Crippen LogP contribution in [0.1, 0.15) is 62.2 Å². The lowest BCUT2D eigenvalue weighted by molar-refractivity contribution is -0.138. The minimum Gasteiger partial charge on any atom is -0.349 e. The Balaban J connectivity index is 1.52. The molecule has 4 nitrogen and oxygen atoms in total. The number of carbonyl (C=O) groups is 2. The fourth-order valence-corrected chi connectivity index (χ4v) is 5.87. The maximum atomic E-state index is 12.7. The van der Waals surface area contributed by atoms with E-state index >= 15 is 0 Å². The van der Waals surface area contributed by atoms with Gasteiger partial charge in [0.05, 0.1) is 0 Å². The zero-order chi connectivity index (χ0) is 18.3. The van der Waals surface area contributed by atoms with Crippen LogP contribution < -0.4 is 5.32 Å². The summed E-state index contributed by atoms with van der Waals surface area (Å²) in [6, 6.07) is 7.22. The molecule has 2 aliphatic heterocycles. The molecule has 2 heterocycles. The van der Waals surface area contributed by atoms with Gasteiger partial charge in [0.15, 0.2) is 0 Å². The van der Waals surface area contributed by atoms with Gasteiger partial charge < -0.3 is 10.2 Å². The Morgan fingerprint density at radius 2 is 1.96 bits per heavy atom. The smallest absolute Gasteiger partial charge is 0.251 e. The van der Waals surface area contributed by atoms with Gasteiger partial charge in [-0.25, -0.2) is 0 Å². The number of amides is 2. The second-order valence-electron chi connectivity index (χ2n) is 8.24. The molecule has 0 radical (unpaired) electrons. The first-order valence-electron chi connectivity index (χ1n) is 9.88. The first kappa shape index (κ1) is 17.8. The van der Waals surface area contributed by atoms with Gasteiger partial charge in [-0.05, 0) is 74.6 Å². The van der Waals surface area contributed by atoms with E-state index < -0.39 is 0 Å². The molecular weight excluding hydrogens is 348 g/mol. The van der Waals surface area contributed by atoms with E-state index in [0.717, 1.165) is 45.1 Å². The molecule has 26 heavy (non-hydrogen) atoms. The highest BCUT2D eigenvalue weighted by Crippen LogP contribution is 2.51. The van der Waals surface area contributed by atoms with Gasteiger partial charge in [-0.1, -0.05) is 18.5 Å². The van der Waals surface area contributed by atoms with Crippen LogP contribution in [-0.4, -0.2) is 34.8 Å². The van der Waals surface area contributed by atoms with E-state index in [4.69, 9.17) is 11.6 Å². The largest absolute Gasteiger partial charge is 0.349 e. The summed E-state index contributed by atoms with van der Waals surface area (Å²) in [5, 5.41) is 3.90. The third-order valence-corrected chi connectivity index (χ3v) is 7.26. The topological polar surface area (TPSA) is 49.4 Å². The second kappa shape index (κ2) is 6.88. The quantitative estimate of drug-likeness (QED) is 0.849. The zero-order valence-electron chi connectivity index (χ0n) is 15.3. The van der Waals surface area contributed by atoms with E-state index in [2.05, 4.69) is 17.1 Å². The van der Waals surface area contributed by atoms with Crippen molar-refractivity contribution >= 4 is 23.4 Å². The average Bonchev–Trinajstić information content (AvgIpc) is 2.99. The molecule has 3 aliphatic rings. The molecule has 1 N–H and O–H groups in total. The molecule has 5 heteroatoms. The molecule has 0 aromatic heterocycles. The van der Waals surface area contributed by atoms with Crippen LogP contribution in [0.15, 0.2) is 24.3 Å². The molecule has 3 fully saturated rings. The highest BCUT2D eigenvalue weighted by atomic mass is 35.5. The Kier molecular flexibility index (Phi) is 4.72. The molecule has 0 unspecified atom stereocenters. The summed E-state index contributed by atoms with van der Waals surface area (Å²) in [7, 11) is 0. The van der Waals surface area contributed by atoms with E-state index in [-0.39, 0.29) is 17.5 Å². The van der Waals surface area contributed by atoms with E-state index in [0.29, 0.717) is 34.7 Å². The number of halogens is 1. The van der Waals surface area contributed by atoms with Crippen LogP contribution >= 0.6 is 11.6 Å². The van der Waals surface area contributed by atoms with E-state index in [1.54, 1.807) is 24.3 Å². The van der Waals surface area contributed by atoms with Crippen molar-refractivity contribution in [1.29, 1.82) is 0 Å². The van der Waals surface area contributed by atoms with Crippen molar-refractivity contribution in [2.45, 2.75) is 63.5 Å². The van der Waals surface area contributed by atoms with Crippen LogP contribution in [0.2, 0.25) is 5.02 Å². The van der Waals surface area contributed by atoms with E-state index in [9.17, 15) is 9.59 Å². The summed E-state index contributed by atoms with van der Waals surface area (Å²) in [5.41, 5.74) is 0.703. The van der Waals surface area contributed by atoms with Crippen molar-refractivity contribution in [1.82, 2.24) is 10.2 Å². The molecule has 140 valence electrons. The van der Waals surface area contributed by atoms with Crippen LogP contribution in [-0.2, 0) is 4.79 Å². The van der Waals surface area contributed by atoms with Gasteiger partial charge >= 0.3 is 0 Å². The fourth-order valence-electron chi connectivity index (χ4n) is 5.74. The van der Waals surface area contributed by atoms with E-state index in [1.807, 2.05) is 0 Å². The average molecular weight is 375 g/mol. The highest BCUT2D eigenvalue weighted by molar-refractivity contribution is 6.30. The Morgan fingerprint density at radius 1 is 1.19 bits per heavy atom. The van der Waals surface area contributed by atoms with Crippen molar-refractivity contribution in [2.24, 2.45) is 11.8 Å². The predicted octanol–water partition coefficient (Wildman–Crippen LogP) is 4.03. The second-order valence-corrected chi connectivity index (χ2v) is 8.67. The molecule has 1 saturated carbocycles. The first-order valence-corrected chi connectivity index (χ1v) is 10.3. The first-order chi connectivity index (χ1) is 12.5. The molecule has 1 aliphatic carbocycles. The van der Waals surface area contributed by atoms with Gasteiger partial charge in [0.2, 0.25) is 5.91 Å². The van der Waals surface area contributed by atoms with E-state index in [1.165, 1.54) is 0 Å². The molecule has 4 rings (SSSR count). The molecule has 1 aromatic rings. The predicted molar refractivity (Wildman–Crippen MR) is 102 cm³/mol. The minimum absolute atomic E-state index is 0.0255. The SMILES string of the molecule is C[C@H]1[C@H](NC(=O)c2ccc(Cl)cc2)CC[C@@]23CCCN2C(=O)CCC[C@@H]13. The molecule has 1 spiro atoms. The fraction of sp³-hybridized carbons (Fsp3) is 0.619. The van der Waals surface area contributed by atoms with Crippen LogP contribution in [0.25, 0.3) is 0 Å². The maximum Gasteiger partial charge on any atom is 0.251 e. The van der Waals surface area contributed by atoms with Crippen molar-refractivity contribution in [3.8, 4) is 0 Å². The Hall–Kier alpha value is -1.55. The molecular formula is C21H27ClN2O2. The number of rotatable bonds is 2. The van der Waals surface area contributed by atoms with Gasteiger partial charge in [0.1, 0.15) is 0 Å². The summed E-state index contributed by atoms with van der Waals surface area (Å²) in [5.74, 6) is 1.19. The molecule has 1 aromatic carbocycles. The summed E-state index contributed by atoms with van der Waals surface area (Å²) in [6.45, 7) is 3.19. The summed E-state index contributed by atoms with van der Waals surface area (Å²) < 4.78 is 0. The highest BCUT2D eigenvalue weighted by Gasteiger charge is 2.55. The summed E-state index contributed by atoms with van der Waals surface area (Å²) in [6.07, 6.45) is 6.97. The van der Waals surface area contributed by atoms with Gasteiger partial charge in [0.25, 0.3) is 5.91 Å². The maximum absolute atomic E-state index is 12.7. The third-order valence-electron chi connectivity index (χ3n) is 7.01. The van der Waals surface area contributed by atoms with Crippen molar-refractivity contribution < 1.29 is 9.59 Å². The van der Waals surface area contributed by atoms with Gasteiger partial charge in [-0.2, -0.15) is 0 Å². The zero-order valence-corrected chi connectivity index (χ0v) is 16.1. The molecule has 2 saturated heterocycles. The number of hydrogen-bond donors (Lipinski definition) is 1. The molecule has 4 atom stereocenters. The van der Waals surface area contributed by atoms with Crippen LogP contribution in [0.3, 0.4) is 0 Å². The Morgan fingerprint density at radius 3 is 2.73 bits per heavy atom. The number of benzene rings is 1. The lowest BCUT2D eigenvalue weighted by atomic mass is 9.63. The van der Waals surface area contributed by atoms with Crippen LogP contribution in [0, 0.1) is 11.8 Å². The standard InChI is InChI=1S/C21H27ClN2O2/c1-14-17-4-2-5-19(25)24-13-3-11-21(17,24)12-10-18(14)23-20(26)15-6-8-16(22)9-7-15/h6-9,14,17-18H,2-5,10-13H2,1H3,(H,23,26)/t14-,17+,18-,21-/m1/s1. The number of hydrogen-bond acceptors (Lipinski definition) is 2. The van der Waals surface area contributed by atoms with Gasteiger partial charge in [-0.15, -0.1) is 0 Å². The number of carbonyl (C=O) groups excluding carboxylic acids is 2. The lowest BCUT2D eigenvalue weighted by Crippen LogP contribution is -2.59. The molecule has 0 bridgehead atoms. The van der Waals surface area contributed by atoms with Gasteiger partial charge in [-0.3, -0.25) is 9.59 Å². The lowest BCUT2D eigenvalue weighted by Gasteiger charge is -2.52. The number of nitrogens with one attached hydrogen (secondary N) is 1. The summed E-state index contributed by atoms with van der Waals surface area (Å²) in [4.78, 5) is 27.4.